The van der Waals surface area contributed by atoms with Crippen LogP contribution in [0.1, 0.15) is 63.5 Å². The number of amides is 4. The van der Waals surface area contributed by atoms with E-state index in [4.69, 9.17) is 0 Å². The molecular formula is C22H29N3O3. The summed E-state index contributed by atoms with van der Waals surface area (Å²) in [6.07, 6.45) is 6.78. The van der Waals surface area contributed by atoms with Crippen molar-refractivity contribution in [1.29, 1.82) is 0 Å². The maximum atomic E-state index is 13.3. The van der Waals surface area contributed by atoms with E-state index < -0.39 is 11.6 Å². The van der Waals surface area contributed by atoms with Gasteiger partial charge in [0.15, 0.2) is 0 Å². The molecule has 1 aromatic carbocycles. The van der Waals surface area contributed by atoms with Gasteiger partial charge in [-0.25, -0.2) is 4.79 Å². The fraction of sp³-hybridized carbons (Fsp3) is 0.591. The molecule has 6 heteroatoms. The average Bonchev–Trinajstić information content (AvgIpc) is 3.16. The molecule has 1 saturated carbocycles. The van der Waals surface area contributed by atoms with Crippen molar-refractivity contribution in [3.63, 3.8) is 0 Å². The molecule has 1 aliphatic heterocycles. The zero-order chi connectivity index (χ0) is 19.9. The van der Waals surface area contributed by atoms with E-state index in [1.807, 2.05) is 43.0 Å². The Labute approximate surface area is 166 Å². The summed E-state index contributed by atoms with van der Waals surface area (Å²) in [6, 6.07) is 7.56. The van der Waals surface area contributed by atoms with E-state index in [2.05, 4.69) is 5.32 Å². The fourth-order valence-corrected chi connectivity index (χ4v) is 5.22. The predicted molar refractivity (Wildman–Crippen MR) is 106 cm³/mol. The summed E-state index contributed by atoms with van der Waals surface area (Å²) >= 11 is 0. The first-order chi connectivity index (χ1) is 13.4. The summed E-state index contributed by atoms with van der Waals surface area (Å²) in [5.41, 5.74) is 0.966. The number of rotatable bonds is 4. The third-order valence-electron chi connectivity index (χ3n) is 6.53. The number of carbonyl (C=O) groups excluding carboxylic acids is 3. The number of urea groups is 1. The third-order valence-corrected chi connectivity index (χ3v) is 6.53. The molecule has 3 aliphatic rings. The lowest BCUT2D eigenvalue weighted by molar-refractivity contribution is -0.142. The van der Waals surface area contributed by atoms with Crippen molar-refractivity contribution in [3.05, 3.63) is 35.4 Å². The zero-order valence-electron chi connectivity index (χ0n) is 16.7. The Bertz CT molecular complexity index is 800. The Balaban J connectivity index is 1.54. The molecule has 1 atom stereocenters. The Hall–Kier alpha value is -2.37. The van der Waals surface area contributed by atoms with E-state index in [1.54, 1.807) is 0 Å². The number of aryl methyl sites for hydroxylation is 1. The lowest BCUT2D eigenvalue weighted by Gasteiger charge is -2.38. The molecule has 1 aromatic rings. The molecule has 4 amide bonds. The molecule has 1 heterocycles. The molecule has 1 saturated heterocycles. The van der Waals surface area contributed by atoms with Gasteiger partial charge in [-0.3, -0.25) is 14.5 Å². The highest BCUT2D eigenvalue weighted by molar-refractivity contribution is 6.10. The first-order valence-corrected chi connectivity index (χ1v) is 10.5. The van der Waals surface area contributed by atoms with Gasteiger partial charge in [0.2, 0.25) is 5.91 Å². The Morgan fingerprint density at radius 1 is 1.21 bits per heavy atom. The van der Waals surface area contributed by atoms with Gasteiger partial charge in [-0.1, -0.05) is 43.5 Å². The average molecular weight is 383 g/mol. The summed E-state index contributed by atoms with van der Waals surface area (Å²) in [4.78, 5) is 42.1. The van der Waals surface area contributed by atoms with Crippen LogP contribution in [0.15, 0.2) is 24.3 Å². The molecule has 0 aromatic heterocycles. The van der Waals surface area contributed by atoms with Crippen LogP contribution < -0.4 is 5.32 Å². The normalized spacial score (nSPS) is 24.8. The molecule has 2 fully saturated rings. The predicted octanol–water partition coefficient (Wildman–Crippen LogP) is 2.95. The van der Waals surface area contributed by atoms with Gasteiger partial charge in [0.1, 0.15) is 12.1 Å². The molecule has 0 bridgehead atoms. The third kappa shape index (κ3) is 2.99. The van der Waals surface area contributed by atoms with Crippen molar-refractivity contribution in [2.24, 2.45) is 0 Å². The highest BCUT2D eigenvalue weighted by Crippen LogP contribution is 2.41. The van der Waals surface area contributed by atoms with E-state index >= 15 is 0 Å². The molecule has 150 valence electrons. The SMILES string of the molecule is CC(C)N(C(=O)CN1C(=O)NC2(CCc3ccccc32)C1=O)C1CCCCC1. The van der Waals surface area contributed by atoms with Crippen LogP contribution in [0.3, 0.4) is 0 Å². The lowest BCUT2D eigenvalue weighted by Crippen LogP contribution is -2.51. The topological polar surface area (TPSA) is 69.7 Å². The summed E-state index contributed by atoms with van der Waals surface area (Å²) in [6.45, 7) is 3.84. The van der Waals surface area contributed by atoms with Crippen molar-refractivity contribution in [3.8, 4) is 0 Å². The first-order valence-electron chi connectivity index (χ1n) is 10.5. The van der Waals surface area contributed by atoms with Crippen LogP contribution in [-0.2, 0) is 21.5 Å². The second-order valence-corrected chi connectivity index (χ2v) is 8.57. The second-order valence-electron chi connectivity index (χ2n) is 8.57. The molecule has 1 spiro atoms. The van der Waals surface area contributed by atoms with Crippen molar-refractivity contribution < 1.29 is 14.4 Å². The van der Waals surface area contributed by atoms with E-state index in [0.29, 0.717) is 6.42 Å². The van der Waals surface area contributed by atoms with Crippen molar-refractivity contribution in [2.75, 3.05) is 6.54 Å². The van der Waals surface area contributed by atoms with Gasteiger partial charge in [-0.2, -0.15) is 0 Å². The number of nitrogens with zero attached hydrogens (tertiary/aromatic N) is 2. The standard InChI is InChI=1S/C22H29N3O3/c1-15(2)25(17-9-4-3-5-10-17)19(26)14-24-20(27)22(23-21(24)28)13-12-16-8-6-7-11-18(16)22/h6-8,11,15,17H,3-5,9-10,12-14H2,1-2H3,(H,23,28). The number of hydrogen-bond donors (Lipinski definition) is 1. The Kier molecular flexibility index (Phi) is 4.89. The van der Waals surface area contributed by atoms with Crippen LogP contribution in [0.2, 0.25) is 0 Å². The molecular weight excluding hydrogens is 354 g/mol. The van der Waals surface area contributed by atoms with Crippen molar-refractivity contribution in [2.45, 2.75) is 76.4 Å². The quantitative estimate of drug-likeness (QED) is 0.813. The lowest BCUT2D eigenvalue weighted by atomic mass is 9.91. The fourth-order valence-electron chi connectivity index (χ4n) is 5.22. The summed E-state index contributed by atoms with van der Waals surface area (Å²) in [5.74, 6) is -0.420. The van der Waals surface area contributed by atoms with Crippen LogP contribution in [0, 0.1) is 0 Å². The minimum Gasteiger partial charge on any atom is -0.336 e. The van der Waals surface area contributed by atoms with Crippen LogP contribution >= 0.6 is 0 Å². The molecule has 0 radical (unpaired) electrons. The van der Waals surface area contributed by atoms with Crippen LogP contribution in [0.25, 0.3) is 0 Å². The molecule has 4 rings (SSSR count). The van der Waals surface area contributed by atoms with Gasteiger partial charge >= 0.3 is 6.03 Å². The number of carbonyl (C=O) groups is 3. The molecule has 2 aliphatic carbocycles. The Morgan fingerprint density at radius 2 is 1.93 bits per heavy atom. The van der Waals surface area contributed by atoms with Crippen LogP contribution in [-0.4, -0.2) is 46.3 Å². The molecule has 1 N–H and O–H groups in total. The molecule has 28 heavy (non-hydrogen) atoms. The van der Waals surface area contributed by atoms with Crippen molar-refractivity contribution in [1.82, 2.24) is 15.1 Å². The highest BCUT2D eigenvalue weighted by atomic mass is 16.2. The van der Waals surface area contributed by atoms with Gasteiger partial charge in [0.05, 0.1) is 0 Å². The first kappa shape index (κ1) is 19.0. The maximum Gasteiger partial charge on any atom is 0.325 e. The van der Waals surface area contributed by atoms with Crippen LogP contribution in [0.4, 0.5) is 4.79 Å². The molecule has 6 nitrogen and oxygen atoms in total. The Morgan fingerprint density at radius 3 is 2.64 bits per heavy atom. The number of imide groups is 1. The van der Waals surface area contributed by atoms with Crippen LogP contribution in [0.5, 0.6) is 0 Å². The highest BCUT2D eigenvalue weighted by Gasteiger charge is 2.55. The van der Waals surface area contributed by atoms with Gasteiger partial charge in [-0.05, 0) is 50.7 Å². The number of benzene rings is 1. The number of hydrogen-bond acceptors (Lipinski definition) is 3. The smallest absolute Gasteiger partial charge is 0.325 e. The van der Waals surface area contributed by atoms with Gasteiger partial charge in [0, 0.05) is 12.1 Å². The minimum atomic E-state index is -0.999. The number of fused-ring (bicyclic) bond motifs is 2. The van der Waals surface area contributed by atoms with Gasteiger partial charge in [-0.15, -0.1) is 0 Å². The minimum absolute atomic E-state index is 0.0533. The second kappa shape index (κ2) is 7.22. The molecule has 1 unspecified atom stereocenters. The van der Waals surface area contributed by atoms with Gasteiger partial charge < -0.3 is 10.2 Å². The summed E-state index contributed by atoms with van der Waals surface area (Å²) in [7, 11) is 0. The summed E-state index contributed by atoms with van der Waals surface area (Å²) < 4.78 is 0. The van der Waals surface area contributed by atoms with E-state index in [1.165, 1.54) is 6.42 Å². The van der Waals surface area contributed by atoms with E-state index in [9.17, 15) is 14.4 Å². The maximum absolute atomic E-state index is 13.3. The largest absolute Gasteiger partial charge is 0.336 e. The van der Waals surface area contributed by atoms with E-state index in [-0.39, 0.29) is 30.4 Å². The van der Waals surface area contributed by atoms with E-state index in [0.717, 1.165) is 48.1 Å². The van der Waals surface area contributed by atoms with Gasteiger partial charge in [0.25, 0.3) is 5.91 Å². The summed E-state index contributed by atoms with van der Waals surface area (Å²) in [5, 5.41) is 2.91. The van der Waals surface area contributed by atoms with Crippen molar-refractivity contribution >= 4 is 17.8 Å². The zero-order valence-corrected chi connectivity index (χ0v) is 16.7. The number of nitrogens with one attached hydrogen (secondary N) is 1. The monoisotopic (exact) mass is 383 g/mol.